The van der Waals surface area contributed by atoms with Crippen molar-refractivity contribution in [3.63, 3.8) is 0 Å². The van der Waals surface area contributed by atoms with Crippen molar-refractivity contribution in [2.45, 2.75) is 72.0 Å². The van der Waals surface area contributed by atoms with E-state index in [2.05, 4.69) is 181 Å². The van der Waals surface area contributed by atoms with E-state index in [4.69, 9.17) is 15.0 Å². The molecule has 58 heavy (non-hydrogen) atoms. The summed E-state index contributed by atoms with van der Waals surface area (Å²) in [6.07, 6.45) is 5.92. The van der Waals surface area contributed by atoms with Gasteiger partial charge in [-0.15, -0.1) is 0 Å². The molecule has 0 aliphatic rings. The Hall–Kier alpha value is -6.11. The molecule has 0 radical (unpaired) electrons. The van der Waals surface area contributed by atoms with Crippen LogP contribution in [-0.2, 0) is 10.8 Å². The number of para-hydroxylation sites is 1. The number of rotatable bonds is 7. The van der Waals surface area contributed by atoms with Crippen LogP contribution in [-0.4, -0.2) is 32.7 Å². The van der Waals surface area contributed by atoms with Crippen molar-refractivity contribution in [3.8, 4) is 67.5 Å². The van der Waals surface area contributed by atoms with Crippen LogP contribution < -0.4 is 5.19 Å². The minimum Gasteiger partial charge on any atom is -0.507 e. The molecule has 5 aromatic carbocycles. The van der Waals surface area contributed by atoms with Crippen LogP contribution in [0.5, 0.6) is 5.75 Å². The van der Waals surface area contributed by atoms with Gasteiger partial charge < -0.3 is 5.11 Å². The van der Waals surface area contributed by atoms with Gasteiger partial charge in [0.05, 0.1) is 31.0 Å². The Morgan fingerprint density at radius 1 is 0.552 bits per heavy atom. The Morgan fingerprint density at radius 2 is 1.16 bits per heavy atom. The lowest BCUT2D eigenvalue weighted by atomic mass is 9.79. The van der Waals surface area contributed by atoms with Crippen LogP contribution in [0.25, 0.3) is 72.7 Å². The molecule has 0 saturated carbocycles. The minimum absolute atomic E-state index is 0.158. The first-order chi connectivity index (χ1) is 27.6. The highest BCUT2D eigenvalue weighted by Gasteiger charge is 2.29. The molecule has 5 nitrogen and oxygen atoms in total. The standard InChI is InChI=1S/C52H52N4OSi/c1-51(2,3)39-28-42(49(57)44(29-39)52(4,5)6)50-55-48-43(31-53-32-46(48)56(50)40-23-17-12-18-24-40)37-25-36(34-19-13-10-14-20-34)26-38(27-37)45-30-41(35-21-15-11-16-22-35)47(33-54-45)58(7,8)9/h10-33,57H,1-9H3. The SMILES string of the molecule is CC(C)(C)c1cc(-c2nc3c(-c4cc(-c5ccccc5)cc(-c5cc(-c6ccccc6)c([Si](C)(C)C)cn5)c4)cncc3n2-c2ccccc2)c(O)c(C(C)(C)C)c1. The van der Waals surface area contributed by atoms with Gasteiger partial charge in [0, 0.05) is 34.8 Å². The Morgan fingerprint density at radius 3 is 1.78 bits per heavy atom. The topological polar surface area (TPSA) is 63.8 Å². The van der Waals surface area contributed by atoms with Gasteiger partial charge >= 0.3 is 0 Å². The fourth-order valence-corrected chi connectivity index (χ4v) is 9.31. The van der Waals surface area contributed by atoms with Gasteiger partial charge in [-0.2, -0.15) is 0 Å². The van der Waals surface area contributed by atoms with Gasteiger partial charge in [-0.05, 0) is 91.9 Å². The number of pyridine rings is 2. The lowest BCUT2D eigenvalue weighted by molar-refractivity contribution is 0.446. The Labute approximate surface area is 344 Å². The van der Waals surface area contributed by atoms with Gasteiger partial charge in [0.25, 0.3) is 0 Å². The van der Waals surface area contributed by atoms with Gasteiger partial charge in [0.1, 0.15) is 17.1 Å². The molecule has 0 bridgehead atoms. The lowest BCUT2D eigenvalue weighted by Crippen LogP contribution is -2.39. The summed E-state index contributed by atoms with van der Waals surface area (Å²) in [6.45, 7) is 20.2. The molecule has 3 heterocycles. The van der Waals surface area contributed by atoms with Crippen LogP contribution in [0, 0.1) is 0 Å². The number of phenolic OH excluding ortho intramolecular Hbond substituents is 1. The smallest absolute Gasteiger partial charge is 0.149 e. The first kappa shape index (κ1) is 38.7. The Balaban J connectivity index is 1.41. The molecule has 0 aliphatic heterocycles. The molecule has 8 aromatic rings. The van der Waals surface area contributed by atoms with Crippen LogP contribution in [0.2, 0.25) is 19.6 Å². The number of imidazole rings is 1. The highest BCUT2D eigenvalue weighted by Crippen LogP contribution is 2.44. The van der Waals surface area contributed by atoms with Crippen molar-refractivity contribution in [2.75, 3.05) is 0 Å². The third-order valence-corrected chi connectivity index (χ3v) is 13.1. The van der Waals surface area contributed by atoms with Gasteiger partial charge in [-0.1, -0.05) is 146 Å². The Bertz CT molecular complexity index is 2770. The van der Waals surface area contributed by atoms with Gasteiger partial charge in [-0.25, -0.2) is 4.98 Å². The number of hydrogen-bond acceptors (Lipinski definition) is 4. The normalized spacial score (nSPS) is 12.3. The fourth-order valence-electron chi connectivity index (χ4n) is 7.83. The summed E-state index contributed by atoms with van der Waals surface area (Å²) in [7, 11) is -1.73. The van der Waals surface area contributed by atoms with Crippen LogP contribution in [0.4, 0.5) is 0 Å². The summed E-state index contributed by atoms with van der Waals surface area (Å²) >= 11 is 0. The second-order valence-electron chi connectivity index (χ2n) is 18.5. The maximum Gasteiger partial charge on any atom is 0.149 e. The van der Waals surface area contributed by atoms with Crippen molar-refractivity contribution >= 4 is 24.3 Å². The molecular weight excluding hydrogens is 725 g/mol. The number of aromatic hydroxyl groups is 1. The van der Waals surface area contributed by atoms with E-state index < -0.39 is 8.07 Å². The third kappa shape index (κ3) is 7.41. The average Bonchev–Trinajstić information content (AvgIpc) is 3.60. The number of nitrogens with zero attached hydrogens (tertiary/aromatic N) is 4. The van der Waals surface area contributed by atoms with Crippen molar-refractivity contribution in [1.82, 2.24) is 19.5 Å². The van der Waals surface area contributed by atoms with Crippen LogP contribution >= 0.6 is 0 Å². The second-order valence-corrected chi connectivity index (χ2v) is 23.5. The predicted octanol–water partition coefficient (Wildman–Crippen LogP) is 13.0. The maximum atomic E-state index is 12.2. The quantitative estimate of drug-likeness (QED) is 0.164. The highest BCUT2D eigenvalue weighted by atomic mass is 28.3. The zero-order valence-corrected chi connectivity index (χ0v) is 36.1. The van der Waals surface area contributed by atoms with E-state index in [1.807, 2.05) is 30.6 Å². The molecule has 0 atom stereocenters. The van der Waals surface area contributed by atoms with Gasteiger partial charge in [0.15, 0.2) is 0 Å². The molecule has 0 spiro atoms. The Kier molecular flexibility index (Phi) is 9.81. The summed E-state index contributed by atoms with van der Waals surface area (Å²) in [6, 6.07) is 44.7. The summed E-state index contributed by atoms with van der Waals surface area (Å²) in [5.41, 5.74) is 13.3. The highest BCUT2D eigenvalue weighted by molar-refractivity contribution is 6.89. The van der Waals surface area contributed by atoms with Crippen molar-refractivity contribution in [1.29, 1.82) is 0 Å². The first-order valence-corrected chi connectivity index (χ1v) is 23.7. The number of aromatic nitrogens is 4. The van der Waals surface area contributed by atoms with E-state index >= 15 is 0 Å². The van der Waals surface area contributed by atoms with Gasteiger partial charge in [0.2, 0.25) is 0 Å². The number of benzene rings is 5. The third-order valence-electron chi connectivity index (χ3n) is 11.1. The number of fused-ring (bicyclic) bond motifs is 1. The lowest BCUT2D eigenvalue weighted by Gasteiger charge is -2.27. The van der Waals surface area contributed by atoms with E-state index in [1.165, 1.54) is 16.3 Å². The van der Waals surface area contributed by atoms with E-state index in [9.17, 15) is 5.11 Å². The molecule has 0 fully saturated rings. The van der Waals surface area contributed by atoms with E-state index in [-0.39, 0.29) is 16.6 Å². The second kappa shape index (κ2) is 14.7. The monoisotopic (exact) mass is 776 g/mol. The van der Waals surface area contributed by atoms with Gasteiger partial charge in [-0.3, -0.25) is 14.5 Å². The number of phenols is 1. The van der Waals surface area contributed by atoms with E-state index in [0.717, 1.165) is 61.4 Å². The average molecular weight is 777 g/mol. The molecule has 0 unspecified atom stereocenters. The summed E-state index contributed by atoms with van der Waals surface area (Å²) in [5, 5.41) is 13.5. The first-order valence-electron chi connectivity index (χ1n) is 20.2. The molecule has 6 heteroatoms. The molecule has 0 amide bonds. The molecular formula is C52H52N4OSi. The molecule has 3 aromatic heterocycles. The number of hydrogen-bond donors (Lipinski definition) is 1. The zero-order chi connectivity index (χ0) is 41.0. The van der Waals surface area contributed by atoms with Crippen molar-refractivity contribution < 1.29 is 5.11 Å². The van der Waals surface area contributed by atoms with Crippen LogP contribution in [0.1, 0.15) is 52.7 Å². The van der Waals surface area contributed by atoms with E-state index in [0.29, 0.717) is 11.4 Å². The fraction of sp³-hybridized carbons (Fsp3) is 0.212. The maximum absolute atomic E-state index is 12.2. The van der Waals surface area contributed by atoms with E-state index in [1.54, 1.807) is 0 Å². The summed E-state index contributed by atoms with van der Waals surface area (Å²) in [5.74, 6) is 0.915. The van der Waals surface area contributed by atoms with Crippen LogP contribution in [0.15, 0.2) is 146 Å². The minimum atomic E-state index is -1.73. The predicted molar refractivity (Wildman–Crippen MR) is 246 cm³/mol. The van der Waals surface area contributed by atoms with Crippen molar-refractivity contribution in [2.24, 2.45) is 0 Å². The van der Waals surface area contributed by atoms with Crippen molar-refractivity contribution in [3.05, 3.63) is 157 Å². The zero-order valence-electron chi connectivity index (χ0n) is 35.1. The largest absolute Gasteiger partial charge is 0.507 e. The molecule has 290 valence electrons. The molecule has 1 N–H and O–H groups in total. The summed E-state index contributed by atoms with van der Waals surface area (Å²) < 4.78 is 2.14. The molecule has 8 rings (SSSR count). The summed E-state index contributed by atoms with van der Waals surface area (Å²) in [4.78, 5) is 15.5. The van der Waals surface area contributed by atoms with Crippen LogP contribution in [0.3, 0.4) is 0 Å². The molecule has 0 saturated heterocycles. The molecule has 0 aliphatic carbocycles.